The number of rotatable bonds is 7. The molecule has 0 unspecified atom stereocenters. The van der Waals surface area contributed by atoms with E-state index in [2.05, 4.69) is 323 Å². The lowest BCUT2D eigenvalue weighted by atomic mass is 9.98. The first kappa shape index (κ1) is 76.3. The smallest absolute Gasteiger partial charge is 0.199 e. The second-order valence-corrected chi connectivity index (χ2v) is 33.3. The van der Waals surface area contributed by atoms with Crippen LogP contribution in [-0.4, -0.2) is 0 Å². The number of nitrogens with zero attached hydrogens (tertiary/aromatic N) is 7. The van der Waals surface area contributed by atoms with E-state index in [4.69, 9.17) is 16.4 Å². The topological polar surface area (TPSA) is 27.2 Å². The maximum absolute atomic E-state index is 7.69. The first-order valence-corrected chi connectivity index (χ1v) is 41.3. The molecule has 0 fully saturated rings. The molecule has 0 N–H and O–H groups in total. The van der Waals surface area contributed by atoms with Crippen molar-refractivity contribution in [1.82, 2.24) is 0 Å². The molecule has 7 heteroatoms. The quantitative estimate of drug-likeness (QED) is 0.142. The van der Waals surface area contributed by atoms with Crippen LogP contribution in [0.15, 0.2) is 212 Å². The van der Waals surface area contributed by atoms with E-state index < -0.39 is 27.4 Å². The fraction of sp³-hybridized carbons (Fsp3) is 0.312. The zero-order valence-corrected chi connectivity index (χ0v) is 77.3. The molecule has 7 aromatic heterocycles. The van der Waals surface area contributed by atoms with Gasteiger partial charge in [0.25, 0.3) is 0 Å². The van der Waals surface area contributed by atoms with E-state index in [-0.39, 0.29) is 11.3 Å². The number of aromatic nitrogens is 7. The fourth-order valence-electron chi connectivity index (χ4n) is 15.7. The van der Waals surface area contributed by atoms with Crippen LogP contribution in [0.4, 0.5) is 0 Å². The van der Waals surface area contributed by atoms with E-state index >= 15 is 0 Å². The second-order valence-electron chi connectivity index (χ2n) is 33.3. The van der Waals surface area contributed by atoms with Gasteiger partial charge in [-0.25, -0.2) is 0 Å². The maximum atomic E-state index is 7.69. The Balaban J connectivity index is 0.000000189. The zero-order chi connectivity index (χ0) is 98.0. The summed E-state index contributed by atoms with van der Waals surface area (Å²) in [6.45, 7) is 41.8. The van der Waals surface area contributed by atoms with Crippen LogP contribution in [0.3, 0.4) is 0 Å². The largest absolute Gasteiger partial charge is 0.215 e. The van der Waals surface area contributed by atoms with Crippen molar-refractivity contribution >= 4 is 0 Å². The van der Waals surface area contributed by atoms with E-state index in [0.717, 1.165) is 72.7 Å². The van der Waals surface area contributed by atoms with E-state index in [1.807, 2.05) is 79.9 Å². The van der Waals surface area contributed by atoms with Crippen molar-refractivity contribution in [3.8, 4) is 78.8 Å². The predicted molar refractivity (Wildman–Crippen MR) is 504 cm³/mol. The molecule has 7 heterocycles. The van der Waals surface area contributed by atoms with Gasteiger partial charge >= 0.3 is 0 Å². The summed E-state index contributed by atoms with van der Waals surface area (Å²) < 4.78 is 106. The normalized spacial score (nSPS) is 12.6. The van der Waals surface area contributed by atoms with Crippen molar-refractivity contribution in [2.75, 3.05) is 0 Å². The third-order valence-electron chi connectivity index (χ3n) is 23.0. The molecular weight excluding hydrogens is 1440 g/mol. The van der Waals surface area contributed by atoms with Crippen LogP contribution in [0, 0.1) is 194 Å². The van der Waals surface area contributed by atoms with Crippen LogP contribution in [-0.2, 0) is 49.3 Å². The molecule has 14 rings (SSSR count). The van der Waals surface area contributed by atoms with Gasteiger partial charge in [0.1, 0.15) is 49.3 Å². The van der Waals surface area contributed by atoms with Crippen LogP contribution in [0.25, 0.3) is 78.8 Å². The molecule has 0 aliphatic carbocycles. The van der Waals surface area contributed by atoms with Crippen molar-refractivity contribution in [3.63, 3.8) is 0 Å². The molecule has 0 amide bonds. The van der Waals surface area contributed by atoms with Crippen molar-refractivity contribution in [2.45, 2.75) is 194 Å². The van der Waals surface area contributed by atoms with Crippen molar-refractivity contribution in [2.24, 2.45) is 49.3 Å². The molecule has 0 atom stereocenters. The molecule has 0 bridgehead atoms. The molecule has 0 saturated heterocycles. The minimum atomic E-state index is -2.21. The number of hydrogen-bond donors (Lipinski definition) is 0. The highest BCUT2D eigenvalue weighted by molar-refractivity contribution is 5.70. The molecule has 7 aromatic carbocycles. The van der Waals surface area contributed by atoms with Gasteiger partial charge in [0, 0.05) is 177 Å². The highest BCUT2D eigenvalue weighted by atomic mass is 15.0. The summed E-state index contributed by atoms with van der Waals surface area (Å²) in [7, 11) is 13.9. The minimum absolute atomic E-state index is 0.256. The molecule has 119 heavy (non-hydrogen) atoms. The Morgan fingerprint density at radius 1 is 0.176 bits per heavy atom. The van der Waals surface area contributed by atoms with Gasteiger partial charge in [-0.15, -0.1) is 0 Å². The van der Waals surface area contributed by atoms with Crippen LogP contribution < -0.4 is 32.0 Å². The molecule has 7 nitrogen and oxygen atoms in total. The van der Waals surface area contributed by atoms with E-state index in [1.165, 1.54) is 140 Å². The Morgan fingerprint density at radius 2 is 0.454 bits per heavy atom. The van der Waals surface area contributed by atoms with E-state index in [0.29, 0.717) is 11.4 Å². The molecule has 0 saturated carbocycles. The van der Waals surface area contributed by atoms with Gasteiger partial charge in [-0.05, 0) is 265 Å². The van der Waals surface area contributed by atoms with Gasteiger partial charge in [-0.2, -0.15) is 32.0 Å². The molecule has 0 aliphatic heterocycles. The van der Waals surface area contributed by atoms with Gasteiger partial charge in [-0.1, -0.05) is 125 Å². The Labute approximate surface area is 735 Å². The summed E-state index contributed by atoms with van der Waals surface area (Å²) in [6, 6.07) is 72.5. The van der Waals surface area contributed by atoms with Gasteiger partial charge < -0.3 is 0 Å². The summed E-state index contributed by atoms with van der Waals surface area (Å²) in [4.78, 5) is 0. The van der Waals surface area contributed by atoms with Crippen LogP contribution >= 0.6 is 0 Å². The Morgan fingerprint density at radius 3 is 0.815 bits per heavy atom. The summed E-state index contributed by atoms with van der Waals surface area (Å²) in [6.07, 6.45) is 0. The summed E-state index contributed by atoms with van der Waals surface area (Å²) >= 11 is 0. The Hall–Kier alpha value is -11.4. The van der Waals surface area contributed by atoms with E-state index in [1.54, 1.807) is 57.1 Å². The molecule has 616 valence electrons. The molecular formula is C112H140N7+7. The second kappa shape index (κ2) is 40.8. The lowest BCUT2D eigenvalue weighted by Gasteiger charge is -2.10. The Bertz CT molecular complexity index is 6470. The number of aryl methyl sites for hydroxylation is 27. The number of hydrogen-bond acceptors (Lipinski definition) is 0. The van der Waals surface area contributed by atoms with Crippen LogP contribution in [0.2, 0.25) is 0 Å². The average Bonchev–Trinajstić information content (AvgIpc) is 0.782. The first-order valence-electron chi connectivity index (χ1n) is 47.3. The van der Waals surface area contributed by atoms with Gasteiger partial charge in [0.2, 0.25) is 39.9 Å². The highest BCUT2D eigenvalue weighted by Crippen LogP contribution is 2.31. The lowest BCUT2D eigenvalue weighted by molar-refractivity contribution is -0.667. The lowest BCUT2D eigenvalue weighted by Crippen LogP contribution is -2.36. The number of benzene rings is 7. The molecule has 0 spiro atoms. The van der Waals surface area contributed by atoms with Crippen LogP contribution in [0.1, 0.15) is 173 Å². The van der Waals surface area contributed by atoms with Gasteiger partial charge in [0.15, 0.2) is 39.9 Å². The highest BCUT2D eigenvalue weighted by Gasteiger charge is 2.24. The molecule has 14 aromatic rings. The van der Waals surface area contributed by atoms with Gasteiger partial charge in [-0.3, -0.25) is 0 Å². The summed E-state index contributed by atoms with van der Waals surface area (Å²) in [5.41, 5.74) is 46.9. The monoisotopic (exact) mass is 1600 g/mol. The fourth-order valence-corrected chi connectivity index (χ4v) is 15.7. The third kappa shape index (κ3) is 23.3. The van der Waals surface area contributed by atoms with Crippen LogP contribution in [0.5, 0.6) is 0 Å². The zero-order valence-electron chi connectivity index (χ0n) is 89.3. The van der Waals surface area contributed by atoms with Crippen molar-refractivity contribution in [1.29, 1.82) is 0 Å². The van der Waals surface area contributed by atoms with Crippen molar-refractivity contribution < 1.29 is 48.4 Å². The average molecular weight is 1600 g/mol. The molecule has 0 radical (unpaired) electrons. The maximum Gasteiger partial charge on any atom is 0.215 e. The minimum Gasteiger partial charge on any atom is -0.199 e. The molecule has 0 aliphatic rings. The SMILES string of the molecule is Cc1cc(C)[n+](C)c(-c2c(C)cccc2C)c1.Cc1ccc(-c2cc(C)cc(C)[n+]2C)c(C)c1.Cc1ccc(C)c(-c2cc(C)cc(C)[n+]2C)c1.Cc1ccccc1-c1c(C)c(C)cc(C)[n+]1C.[2H]C([2H])([2H])c1cc(C)cc(-c2c(C)cccc2C)[n+]1C.[2H]C([2H])([2H])c1cc(C)cc(-c2cc(C)ccc2C)[n+]1C.[2H]C([2H])([2H])c1ccc(-c2cc(C)cc(C([2H])([2H])[2H])[n+]2C)c(C)c1. The van der Waals surface area contributed by atoms with E-state index in [9.17, 15) is 0 Å². The predicted octanol–water partition coefficient (Wildman–Crippen LogP) is 23.9. The van der Waals surface area contributed by atoms with Gasteiger partial charge in [0.05, 0.1) is 11.1 Å². The summed E-state index contributed by atoms with van der Waals surface area (Å²) in [5, 5.41) is 0. The third-order valence-corrected chi connectivity index (χ3v) is 23.0. The van der Waals surface area contributed by atoms with Crippen molar-refractivity contribution in [3.05, 3.63) is 369 Å². The summed E-state index contributed by atoms with van der Waals surface area (Å²) in [5.74, 6) is 0. The Kier molecular flexibility index (Phi) is 26.2. The standard InChI is InChI=1S/7C16H20N/c2*1-11-6-7-13(3)15(9-11)16-10-12(2)8-14(4)17(16)5;2*1-11-6-7-15(13(3)8-11)16-10-12(2)9-14(4)17(16)5;2*1-11-9-14(4)17(5)15(10-11)16-12(2)7-6-8-13(16)3;1-11-8-6-7-9-15(11)16-14(4)12(2)10-13(3)17(16)5/h7*6-10H,1-5H3/q7*+1/i4D3;;1D3,4D3;;4D3;;. The number of pyridine rings is 7. The first-order chi connectivity index (χ1) is 60.8.